The fourth-order valence-corrected chi connectivity index (χ4v) is 3.03. The summed E-state index contributed by atoms with van der Waals surface area (Å²) in [6.07, 6.45) is 2.25. The Morgan fingerprint density at radius 2 is 2.00 bits per heavy atom. The molecule has 1 saturated heterocycles. The van der Waals surface area contributed by atoms with Gasteiger partial charge in [-0.3, -0.25) is 4.79 Å². The fourth-order valence-electron chi connectivity index (χ4n) is 2.93. The van der Waals surface area contributed by atoms with Crippen LogP contribution in [0.25, 0.3) is 0 Å². The summed E-state index contributed by atoms with van der Waals surface area (Å²) in [4.78, 5) is 14.3. The van der Waals surface area contributed by atoms with Crippen molar-refractivity contribution < 1.29 is 18.7 Å². The summed E-state index contributed by atoms with van der Waals surface area (Å²) in [6.45, 7) is 2.07. The number of rotatable bonds is 7. The Labute approximate surface area is 162 Å². The van der Waals surface area contributed by atoms with Crippen molar-refractivity contribution in [1.82, 2.24) is 10.2 Å². The maximum Gasteiger partial charge on any atom is 0.310 e. The first-order valence-electron chi connectivity index (χ1n) is 8.91. The van der Waals surface area contributed by atoms with Gasteiger partial charge in [0, 0.05) is 19.5 Å². The van der Waals surface area contributed by atoms with Gasteiger partial charge in [-0.05, 0) is 49.2 Å². The van der Waals surface area contributed by atoms with Gasteiger partial charge in [0.2, 0.25) is 0 Å². The third kappa shape index (κ3) is 5.79. The third-order valence-corrected chi connectivity index (χ3v) is 4.51. The summed E-state index contributed by atoms with van der Waals surface area (Å²) in [6, 6.07) is 9.31. The zero-order valence-corrected chi connectivity index (χ0v) is 15.6. The van der Waals surface area contributed by atoms with Crippen LogP contribution in [-0.2, 0) is 9.53 Å². The first kappa shape index (κ1) is 19.4. The molecule has 0 aliphatic carbocycles. The summed E-state index contributed by atoms with van der Waals surface area (Å²) < 4.78 is 23.7. The van der Waals surface area contributed by atoms with Crippen LogP contribution in [0.3, 0.4) is 0 Å². The number of aromatic nitrogens is 2. The van der Waals surface area contributed by atoms with E-state index in [2.05, 4.69) is 10.2 Å². The maximum atomic E-state index is 12.8. The number of halogens is 2. The molecule has 1 fully saturated rings. The first-order chi connectivity index (χ1) is 13.1. The number of nitrogens with zero attached hydrogens (tertiary/aromatic N) is 3. The number of benzene rings is 1. The van der Waals surface area contributed by atoms with Crippen molar-refractivity contribution >= 4 is 23.4 Å². The third-order valence-electron chi connectivity index (χ3n) is 4.31. The van der Waals surface area contributed by atoms with Gasteiger partial charge in [0.15, 0.2) is 11.0 Å². The van der Waals surface area contributed by atoms with Gasteiger partial charge in [-0.15, -0.1) is 10.2 Å². The van der Waals surface area contributed by atoms with E-state index in [9.17, 15) is 9.18 Å². The Bertz CT molecular complexity index is 743. The van der Waals surface area contributed by atoms with E-state index in [1.807, 2.05) is 4.90 Å². The van der Waals surface area contributed by atoms with Crippen LogP contribution in [0.1, 0.15) is 19.3 Å². The van der Waals surface area contributed by atoms with Crippen molar-refractivity contribution in [3.63, 3.8) is 0 Å². The molecule has 0 radical (unpaired) electrons. The van der Waals surface area contributed by atoms with Gasteiger partial charge in [0.05, 0.1) is 19.1 Å². The van der Waals surface area contributed by atoms with Crippen LogP contribution in [0.5, 0.6) is 5.75 Å². The van der Waals surface area contributed by atoms with E-state index in [-0.39, 0.29) is 24.3 Å². The van der Waals surface area contributed by atoms with E-state index < -0.39 is 0 Å². The topological polar surface area (TPSA) is 64.6 Å². The van der Waals surface area contributed by atoms with E-state index >= 15 is 0 Å². The first-order valence-corrected chi connectivity index (χ1v) is 9.29. The van der Waals surface area contributed by atoms with Crippen molar-refractivity contribution in [1.29, 1.82) is 0 Å². The van der Waals surface area contributed by atoms with Crippen LogP contribution in [0.15, 0.2) is 36.4 Å². The van der Waals surface area contributed by atoms with Gasteiger partial charge in [0.25, 0.3) is 0 Å². The molecule has 1 aromatic heterocycles. The summed E-state index contributed by atoms with van der Waals surface area (Å²) in [5, 5.41) is 8.26. The number of ether oxygens (including phenoxy) is 2. The Kier molecular flexibility index (Phi) is 6.81. The number of hydrogen-bond donors (Lipinski definition) is 0. The van der Waals surface area contributed by atoms with Crippen LogP contribution in [0.4, 0.5) is 10.2 Å². The molecule has 1 atom stereocenters. The normalized spacial score (nSPS) is 16.8. The van der Waals surface area contributed by atoms with Gasteiger partial charge in [0.1, 0.15) is 11.6 Å². The number of esters is 1. The quantitative estimate of drug-likeness (QED) is 0.530. The average molecular weight is 394 g/mol. The standard InChI is InChI=1S/C19H21ClFN3O3/c20-17-8-9-18(23-22-17)24-10-1-3-14(13-24)19(25)27-12-2-11-26-16-6-4-15(21)5-7-16/h4-9,14H,1-3,10-13H2. The molecule has 2 heterocycles. The molecule has 2 aromatic rings. The van der Waals surface area contributed by atoms with Gasteiger partial charge < -0.3 is 14.4 Å². The predicted molar refractivity (Wildman–Crippen MR) is 99.5 cm³/mol. The molecule has 0 bridgehead atoms. The number of anilines is 1. The highest BCUT2D eigenvalue weighted by molar-refractivity contribution is 6.29. The van der Waals surface area contributed by atoms with Gasteiger partial charge in [-0.2, -0.15) is 0 Å². The van der Waals surface area contributed by atoms with Crippen molar-refractivity contribution in [3.8, 4) is 5.75 Å². The number of piperidine rings is 1. The molecule has 0 spiro atoms. The van der Waals surface area contributed by atoms with E-state index in [1.54, 1.807) is 24.3 Å². The molecule has 0 amide bonds. The van der Waals surface area contributed by atoms with Crippen LogP contribution in [0.2, 0.25) is 5.15 Å². The molecule has 1 aliphatic rings. The highest BCUT2D eigenvalue weighted by Gasteiger charge is 2.27. The second kappa shape index (κ2) is 9.50. The van der Waals surface area contributed by atoms with E-state index in [1.165, 1.54) is 12.1 Å². The van der Waals surface area contributed by atoms with Crippen molar-refractivity contribution in [2.24, 2.45) is 5.92 Å². The average Bonchev–Trinajstić information content (AvgIpc) is 2.69. The van der Waals surface area contributed by atoms with Crippen LogP contribution in [-0.4, -0.2) is 42.5 Å². The largest absolute Gasteiger partial charge is 0.493 e. The van der Waals surface area contributed by atoms with Crippen molar-refractivity contribution in [2.75, 3.05) is 31.2 Å². The minimum atomic E-state index is -0.303. The molecule has 0 N–H and O–H groups in total. The lowest BCUT2D eigenvalue weighted by atomic mass is 9.98. The smallest absolute Gasteiger partial charge is 0.310 e. The summed E-state index contributed by atoms with van der Waals surface area (Å²) >= 11 is 5.77. The Hall–Kier alpha value is -2.41. The summed E-state index contributed by atoms with van der Waals surface area (Å²) in [5.41, 5.74) is 0. The molecule has 3 rings (SSSR count). The molecule has 0 saturated carbocycles. The van der Waals surface area contributed by atoms with Crippen LogP contribution >= 0.6 is 11.6 Å². The summed E-state index contributed by atoms with van der Waals surface area (Å²) in [7, 11) is 0. The highest BCUT2D eigenvalue weighted by Crippen LogP contribution is 2.22. The molecule has 1 unspecified atom stereocenters. The number of carbonyl (C=O) groups is 1. The van der Waals surface area contributed by atoms with Gasteiger partial charge >= 0.3 is 5.97 Å². The van der Waals surface area contributed by atoms with Crippen LogP contribution in [0, 0.1) is 11.7 Å². The van der Waals surface area contributed by atoms with Crippen molar-refractivity contribution in [2.45, 2.75) is 19.3 Å². The monoisotopic (exact) mass is 393 g/mol. The van der Waals surface area contributed by atoms with Gasteiger partial charge in [-0.25, -0.2) is 4.39 Å². The second-order valence-electron chi connectivity index (χ2n) is 6.32. The van der Waals surface area contributed by atoms with Crippen molar-refractivity contribution in [3.05, 3.63) is 47.4 Å². The predicted octanol–water partition coefficient (Wildman–Crippen LogP) is 3.50. The van der Waals surface area contributed by atoms with Crippen LogP contribution < -0.4 is 9.64 Å². The molecule has 27 heavy (non-hydrogen) atoms. The summed E-state index contributed by atoms with van der Waals surface area (Å²) in [5.74, 6) is 0.611. The SMILES string of the molecule is O=C(OCCCOc1ccc(F)cc1)C1CCCN(c2ccc(Cl)nn2)C1. The van der Waals surface area contributed by atoms with Gasteiger partial charge in [-0.1, -0.05) is 11.6 Å². The maximum absolute atomic E-state index is 12.8. The zero-order chi connectivity index (χ0) is 19.1. The molecule has 6 nitrogen and oxygen atoms in total. The molecule has 1 aromatic carbocycles. The lowest BCUT2D eigenvalue weighted by Crippen LogP contribution is -2.40. The van der Waals surface area contributed by atoms with E-state index in [0.29, 0.717) is 36.3 Å². The fraction of sp³-hybridized carbons (Fsp3) is 0.421. The highest BCUT2D eigenvalue weighted by atomic mass is 35.5. The molecular formula is C19H21ClFN3O3. The zero-order valence-electron chi connectivity index (χ0n) is 14.8. The number of carbonyl (C=O) groups excluding carboxylic acids is 1. The molecule has 8 heteroatoms. The van der Waals surface area contributed by atoms with E-state index in [4.69, 9.17) is 21.1 Å². The Morgan fingerprint density at radius 1 is 1.19 bits per heavy atom. The minimum absolute atomic E-state index is 0.186. The van der Waals surface area contributed by atoms with E-state index in [0.717, 1.165) is 19.4 Å². The number of hydrogen-bond acceptors (Lipinski definition) is 6. The Balaban J connectivity index is 1.38. The molecular weight excluding hydrogens is 373 g/mol. The molecule has 1 aliphatic heterocycles. The molecule has 144 valence electrons. The Morgan fingerprint density at radius 3 is 2.74 bits per heavy atom. The lowest BCUT2D eigenvalue weighted by molar-refractivity contribution is -0.149. The second-order valence-corrected chi connectivity index (χ2v) is 6.71. The minimum Gasteiger partial charge on any atom is -0.493 e. The lowest BCUT2D eigenvalue weighted by Gasteiger charge is -2.32.